The van der Waals surface area contributed by atoms with E-state index in [0.29, 0.717) is 17.5 Å². The Kier molecular flexibility index (Phi) is 5.53. The van der Waals surface area contributed by atoms with Crippen LogP contribution < -0.4 is 4.72 Å². The summed E-state index contributed by atoms with van der Waals surface area (Å²) in [5.41, 5.74) is 3.07. The van der Waals surface area contributed by atoms with Crippen molar-refractivity contribution >= 4 is 16.0 Å². The summed E-state index contributed by atoms with van der Waals surface area (Å²) in [7, 11) is -3.86. The largest absolute Gasteiger partial charge is 0.480 e. The van der Waals surface area contributed by atoms with Crippen molar-refractivity contribution in [1.82, 2.24) is 4.72 Å². The van der Waals surface area contributed by atoms with E-state index in [1.165, 1.54) is 0 Å². The number of nitrogens with one attached hydrogen (secondary N) is 1. The van der Waals surface area contributed by atoms with Gasteiger partial charge in [-0.3, -0.25) is 4.79 Å². The Balaban J connectivity index is 3.35. The number of aryl methyl sites for hydroxylation is 2. The third-order valence-corrected chi connectivity index (χ3v) is 5.48. The van der Waals surface area contributed by atoms with E-state index in [9.17, 15) is 13.2 Å². The van der Waals surface area contributed by atoms with Gasteiger partial charge >= 0.3 is 5.97 Å². The summed E-state index contributed by atoms with van der Waals surface area (Å²) in [6.07, 6.45) is 0.849. The number of sulfonamides is 1. The van der Waals surface area contributed by atoms with Crippen molar-refractivity contribution in [3.8, 4) is 0 Å². The molecule has 0 aromatic heterocycles. The van der Waals surface area contributed by atoms with Crippen LogP contribution in [0.25, 0.3) is 0 Å². The van der Waals surface area contributed by atoms with Crippen LogP contribution in [0.5, 0.6) is 0 Å². The summed E-state index contributed by atoms with van der Waals surface area (Å²) >= 11 is 0. The Labute approximate surface area is 126 Å². The Morgan fingerprint density at radius 1 is 1.19 bits per heavy atom. The number of rotatable bonds is 6. The molecule has 0 aliphatic carbocycles. The van der Waals surface area contributed by atoms with Gasteiger partial charge < -0.3 is 5.11 Å². The van der Waals surface area contributed by atoms with Crippen LogP contribution >= 0.6 is 0 Å². The molecule has 5 nitrogen and oxygen atoms in total. The minimum atomic E-state index is -3.86. The van der Waals surface area contributed by atoms with Crippen LogP contribution in [-0.2, 0) is 14.8 Å². The molecular weight excluding hydrogens is 290 g/mol. The lowest BCUT2D eigenvalue weighted by atomic mass is 10.0. The topological polar surface area (TPSA) is 83.5 Å². The molecule has 0 unspecified atom stereocenters. The van der Waals surface area contributed by atoms with Crippen molar-refractivity contribution in [2.75, 3.05) is 0 Å². The zero-order valence-corrected chi connectivity index (χ0v) is 14.0. The van der Waals surface area contributed by atoms with Crippen LogP contribution in [0, 0.1) is 27.7 Å². The number of hydrogen-bond donors (Lipinski definition) is 2. The maximum Gasteiger partial charge on any atom is 0.321 e. The molecule has 1 aromatic carbocycles. The van der Waals surface area contributed by atoms with E-state index >= 15 is 0 Å². The lowest BCUT2D eigenvalue weighted by Crippen LogP contribution is -2.41. The van der Waals surface area contributed by atoms with E-state index in [1.807, 2.05) is 26.8 Å². The Bertz CT molecular complexity index is 624. The molecule has 0 aliphatic heterocycles. The summed E-state index contributed by atoms with van der Waals surface area (Å²) in [5, 5.41) is 9.14. The molecule has 0 amide bonds. The number of aliphatic carboxylic acids is 1. The van der Waals surface area contributed by atoms with Crippen molar-refractivity contribution in [2.24, 2.45) is 0 Å². The van der Waals surface area contributed by atoms with Crippen LogP contribution in [0.4, 0.5) is 0 Å². The molecule has 118 valence electrons. The molecule has 0 saturated carbocycles. The molecule has 1 rings (SSSR count). The fourth-order valence-electron chi connectivity index (χ4n) is 2.35. The summed E-state index contributed by atoms with van der Waals surface area (Å²) in [4.78, 5) is 11.4. The van der Waals surface area contributed by atoms with Crippen LogP contribution in [0.1, 0.15) is 42.0 Å². The van der Waals surface area contributed by atoms with E-state index in [-0.39, 0.29) is 11.3 Å². The van der Waals surface area contributed by atoms with E-state index in [4.69, 9.17) is 5.11 Å². The van der Waals surface area contributed by atoms with Crippen LogP contribution in [-0.4, -0.2) is 25.5 Å². The summed E-state index contributed by atoms with van der Waals surface area (Å²) in [5.74, 6) is -1.15. The Morgan fingerprint density at radius 3 is 2.05 bits per heavy atom. The van der Waals surface area contributed by atoms with Gasteiger partial charge in [0.05, 0.1) is 4.90 Å². The quantitative estimate of drug-likeness (QED) is 0.845. The van der Waals surface area contributed by atoms with Gasteiger partial charge in [-0.1, -0.05) is 19.4 Å². The van der Waals surface area contributed by atoms with Gasteiger partial charge in [-0.2, -0.15) is 4.72 Å². The third-order valence-electron chi connectivity index (χ3n) is 3.74. The lowest BCUT2D eigenvalue weighted by molar-refractivity contribution is -0.139. The van der Waals surface area contributed by atoms with Gasteiger partial charge in [-0.15, -0.1) is 0 Å². The van der Waals surface area contributed by atoms with Crippen molar-refractivity contribution in [3.05, 3.63) is 28.3 Å². The van der Waals surface area contributed by atoms with E-state index < -0.39 is 22.0 Å². The van der Waals surface area contributed by atoms with E-state index in [0.717, 1.165) is 11.1 Å². The van der Waals surface area contributed by atoms with Crippen molar-refractivity contribution in [1.29, 1.82) is 0 Å². The second kappa shape index (κ2) is 6.58. The molecule has 0 aliphatic rings. The number of hydrogen-bond acceptors (Lipinski definition) is 3. The molecule has 0 heterocycles. The summed E-state index contributed by atoms with van der Waals surface area (Å²) < 4.78 is 27.5. The van der Waals surface area contributed by atoms with Gasteiger partial charge in [0.2, 0.25) is 10.0 Å². The fraction of sp³-hybridized carbons (Fsp3) is 0.533. The number of carboxylic acid groups (broad SMARTS) is 1. The maximum atomic E-state index is 12.6. The Morgan fingerprint density at radius 2 is 1.67 bits per heavy atom. The standard InChI is InChI=1S/C15H23NO4S/c1-6-7-13(15(17)18)16-21(19,20)14-11(4)9(2)8-10(3)12(14)5/h8,13,16H,6-7H2,1-5H3,(H,17,18)/t13-/m0/s1. The molecule has 1 aromatic rings. The van der Waals surface area contributed by atoms with E-state index in [1.54, 1.807) is 13.8 Å². The minimum absolute atomic E-state index is 0.197. The SMILES string of the molecule is CCC[C@H](NS(=O)(=O)c1c(C)c(C)cc(C)c1C)C(=O)O. The summed E-state index contributed by atoms with van der Waals surface area (Å²) in [6.45, 7) is 9.00. The van der Waals surface area contributed by atoms with Crippen LogP contribution in [0.15, 0.2) is 11.0 Å². The molecule has 0 radical (unpaired) electrons. The normalized spacial score (nSPS) is 13.2. The number of carboxylic acids is 1. The van der Waals surface area contributed by atoms with Crippen LogP contribution in [0.2, 0.25) is 0 Å². The minimum Gasteiger partial charge on any atom is -0.480 e. The lowest BCUT2D eigenvalue weighted by Gasteiger charge is -2.19. The molecule has 2 N–H and O–H groups in total. The van der Waals surface area contributed by atoms with Crippen molar-refractivity contribution in [2.45, 2.75) is 58.4 Å². The first kappa shape index (κ1) is 17.7. The molecular formula is C15H23NO4S. The number of carbonyl (C=O) groups is 1. The molecule has 1 atom stereocenters. The van der Waals surface area contributed by atoms with Gasteiger partial charge in [0.1, 0.15) is 6.04 Å². The predicted octanol–water partition coefficient (Wildman–Crippen LogP) is 2.45. The molecule has 21 heavy (non-hydrogen) atoms. The first-order chi connectivity index (χ1) is 9.61. The summed E-state index contributed by atoms with van der Waals surface area (Å²) in [6, 6.07) is 0.837. The third kappa shape index (κ3) is 3.83. The first-order valence-electron chi connectivity index (χ1n) is 6.94. The predicted molar refractivity (Wildman–Crippen MR) is 82.0 cm³/mol. The zero-order chi connectivity index (χ0) is 16.4. The highest BCUT2D eigenvalue weighted by Gasteiger charge is 2.28. The zero-order valence-electron chi connectivity index (χ0n) is 13.1. The molecule has 0 saturated heterocycles. The molecule has 0 fully saturated rings. The highest BCUT2D eigenvalue weighted by molar-refractivity contribution is 7.89. The average molecular weight is 313 g/mol. The highest BCUT2D eigenvalue weighted by Crippen LogP contribution is 2.26. The van der Waals surface area contributed by atoms with Gasteiger partial charge in [0.25, 0.3) is 0 Å². The Hall–Kier alpha value is -1.40. The number of benzene rings is 1. The maximum absolute atomic E-state index is 12.6. The van der Waals surface area contributed by atoms with Crippen LogP contribution in [0.3, 0.4) is 0 Å². The van der Waals surface area contributed by atoms with Gasteiger partial charge in [-0.05, 0) is 56.4 Å². The van der Waals surface area contributed by atoms with Crippen molar-refractivity contribution < 1.29 is 18.3 Å². The van der Waals surface area contributed by atoms with Gasteiger partial charge in [0.15, 0.2) is 0 Å². The first-order valence-corrected chi connectivity index (χ1v) is 8.42. The highest BCUT2D eigenvalue weighted by atomic mass is 32.2. The second-order valence-electron chi connectivity index (χ2n) is 5.39. The average Bonchev–Trinajstić information content (AvgIpc) is 2.35. The van der Waals surface area contributed by atoms with Gasteiger partial charge in [0, 0.05) is 0 Å². The van der Waals surface area contributed by atoms with E-state index in [2.05, 4.69) is 4.72 Å². The fourth-order valence-corrected chi connectivity index (χ4v) is 4.19. The smallest absolute Gasteiger partial charge is 0.321 e. The molecule has 0 bridgehead atoms. The van der Waals surface area contributed by atoms with Crippen molar-refractivity contribution in [3.63, 3.8) is 0 Å². The monoisotopic (exact) mass is 313 g/mol. The molecule has 6 heteroatoms. The molecule has 0 spiro atoms. The van der Waals surface area contributed by atoms with Gasteiger partial charge in [-0.25, -0.2) is 8.42 Å². The second-order valence-corrected chi connectivity index (χ2v) is 7.04.